The van der Waals surface area contributed by atoms with E-state index < -0.39 is 53.6 Å². The van der Waals surface area contributed by atoms with Gasteiger partial charge in [-0.05, 0) is 31.2 Å². The van der Waals surface area contributed by atoms with E-state index in [2.05, 4.69) is 0 Å². The molecular formula is C23H22O11. The van der Waals surface area contributed by atoms with Crippen LogP contribution in [0.5, 0.6) is 23.0 Å². The molecule has 1 fully saturated rings. The first-order valence-electron chi connectivity index (χ1n) is 10.2. The van der Waals surface area contributed by atoms with Gasteiger partial charge in [0.05, 0.1) is 6.10 Å². The number of aliphatic hydroxyl groups is 2. The van der Waals surface area contributed by atoms with Gasteiger partial charge in [0, 0.05) is 24.6 Å². The molecule has 34 heavy (non-hydrogen) atoms. The maximum Gasteiger partial charge on any atom is 0.303 e. The van der Waals surface area contributed by atoms with E-state index in [9.17, 15) is 35.1 Å². The van der Waals surface area contributed by atoms with E-state index in [4.69, 9.17) is 18.6 Å². The molecule has 11 nitrogen and oxygen atoms in total. The van der Waals surface area contributed by atoms with E-state index in [-0.39, 0.29) is 33.8 Å². The smallest absolute Gasteiger partial charge is 0.303 e. The SMILES string of the molecule is CC(=O)O[C@H]1[C@H](O)[C@H](O)[C@@H](Oc2c(-c3ccc(O)cc3)oc3cc(O)cc(O)c3c2=O)O[C@@H]1C. The number of ether oxygens (including phenoxy) is 3. The van der Waals surface area contributed by atoms with Crippen LogP contribution in [0.4, 0.5) is 0 Å². The summed E-state index contributed by atoms with van der Waals surface area (Å²) in [6.45, 7) is 2.63. The summed E-state index contributed by atoms with van der Waals surface area (Å²) in [5.74, 6) is -2.27. The van der Waals surface area contributed by atoms with E-state index >= 15 is 0 Å². The van der Waals surface area contributed by atoms with Gasteiger partial charge in [0.15, 0.2) is 11.9 Å². The Hall–Kier alpha value is -3.80. The average molecular weight is 474 g/mol. The van der Waals surface area contributed by atoms with Crippen LogP contribution in [0.25, 0.3) is 22.3 Å². The Morgan fingerprint density at radius 1 is 1.00 bits per heavy atom. The van der Waals surface area contributed by atoms with Gasteiger partial charge in [0.2, 0.25) is 17.5 Å². The van der Waals surface area contributed by atoms with Crippen LogP contribution >= 0.6 is 0 Å². The van der Waals surface area contributed by atoms with Gasteiger partial charge in [-0.15, -0.1) is 0 Å². The topological polar surface area (TPSA) is 176 Å². The molecule has 0 unspecified atom stereocenters. The van der Waals surface area contributed by atoms with Crippen molar-refractivity contribution in [3.05, 3.63) is 46.6 Å². The van der Waals surface area contributed by atoms with Gasteiger partial charge in [-0.1, -0.05) is 0 Å². The molecule has 0 spiro atoms. The van der Waals surface area contributed by atoms with E-state index in [0.29, 0.717) is 0 Å². The number of fused-ring (bicyclic) bond motifs is 1. The predicted molar refractivity (Wildman–Crippen MR) is 115 cm³/mol. The summed E-state index contributed by atoms with van der Waals surface area (Å²) in [5, 5.41) is 50.4. The fourth-order valence-corrected chi connectivity index (χ4v) is 3.75. The maximum atomic E-state index is 13.3. The first-order valence-corrected chi connectivity index (χ1v) is 10.2. The molecule has 3 aromatic rings. The third-order valence-corrected chi connectivity index (χ3v) is 5.36. The van der Waals surface area contributed by atoms with Crippen LogP contribution in [-0.4, -0.2) is 62.2 Å². The highest BCUT2D eigenvalue weighted by atomic mass is 16.7. The van der Waals surface area contributed by atoms with E-state index in [0.717, 1.165) is 19.1 Å². The van der Waals surface area contributed by atoms with Gasteiger partial charge < -0.3 is 44.2 Å². The fraction of sp³-hybridized carbons (Fsp3) is 0.304. The fourth-order valence-electron chi connectivity index (χ4n) is 3.75. The van der Waals surface area contributed by atoms with Gasteiger partial charge in [-0.25, -0.2) is 0 Å². The van der Waals surface area contributed by atoms with Crippen LogP contribution in [0.2, 0.25) is 0 Å². The molecule has 5 atom stereocenters. The van der Waals surface area contributed by atoms with Crippen molar-refractivity contribution in [2.75, 3.05) is 0 Å². The van der Waals surface area contributed by atoms with Crippen LogP contribution in [0.3, 0.4) is 0 Å². The van der Waals surface area contributed by atoms with Gasteiger partial charge >= 0.3 is 5.97 Å². The molecule has 180 valence electrons. The first-order chi connectivity index (χ1) is 16.1. The standard InChI is InChI=1S/C23H22O11/c1-9-20(32-10(2)24)18(29)19(30)23(31-9)34-22-17(28)16-14(27)7-13(26)8-15(16)33-21(22)11-3-5-12(25)6-4-11/h3-9,18-20,23,25-27,29-30H,1-2H3/t9-,18-,19+,20-,23-/m1/s1. The van der Waals surface area contributed by atoms with Crippen LogP contribution in [-0.2, 0) is 14.3 Å². The summed E-state index contributed by atoms with van der Waals surface area (Å²) in [5.41, 5.74) is -0.709. The Kier molecular flexibility index (Phi) is 6.09. The third-order valence-electron chi connectivity index (χ3n) is 5.36. The second kappa shape index (κ2) is 8.86. The van der Waals surface area contributed by atoms with E-state index in [1.54, 1.807) is 0 Å². The lowest BCUT2D eigenvalue weighted by molar-refractivity contribution is -0.272. The highest BCUT2D eigenvalue weighted by Crippen LogP contribution is 2.37. The first kappa shape index (κ1) is 23.4. The lowest BCUT2D eigenvalue weighted by atomic mass is 9.99. The number of hydrogen-bond acceptors (Lipinski definition) is 11. The van der Waals surface area contributed by atoms with Gasteiger partial charge in [-0.2, -0.15) is 0 Å². The van der Waals surface area contributed by atoms with Crippen molar-refractivity contribution in [1.82, 2.24) is 0 Å². The van der Waals surface area contributed by atoms with Crippen LogP contribution < -0.4 is 10.2 Å². The van der Waals surface area contributed by atoms with Crippen molar-refractivity contribution in [3.63, 3.8) is 0 Å². The van der Waals surface area contributed by atoms with Crippen LogP contribution in [0.1, 0.15) is 13.8 Å². The predicted octanol–water partition coefficient (Wildman–Crippen LogP) is 1.35. The molecule has 0 aliphatic carbocycles. The van der Waals surface area contributed by atoms with Crippen molar-refractivity contribution >= 4 is 16.9 Å². The number of benzene rings is 2. The number of phenols is 3. The molecule has 5 N–H and O–H groups in total. The zero-order chi connectivity index (χ0) is 24.7. The minimum Gasteiger partial charge on any atom is -0.508 e. The summed E-state index contributed by atoms with van der Waals surface area (Å²) >= 11 is 0. The maximum absolute atomic E-state index is 13.3. The van der Waals surface area contributed by atoms with Crippen molar-refractivity contribution < 1.29 is 49.0 Å². The second-order valence-corrected chi connectivity index (χ2v) is 7.86. The highest BCUT2D eigenvalue weighted by molar-refractivity contribution is 5.88. The monoisotopic (exact) mass is 474 g/mol. The quantitative estimate of drug-likeness (QED) is 0.345. The van der Waals surface area contributed by atoms with Crippen molar-refractivity contribution in [1.29, 1.82) is 0 Å². The minimum atomic E-state index is -1.73. The van der Waals surface area contributed by atoms with Crippen molar-refractivity contribution in [2.45, 2.75) is 44.6 Å². The van der Waals surface area contributed by atoms with Crippen LogP contribution in [0.15, 0.2) is 45.6 Å². The third kappa shape index (κ3) is 4.23. The zero-order valence-corrected chi connectivity index (χ0v) is 18.0. The van der Waals surface area contributed by atoms with Gasteiger partial charge in [-0.3, -0.25) is 9.59 Å². The highest BCUT2D eigenvalue weighted by Gasteiger charge is 2.46. The van der Waals surface area contributed by atoms with E-state index in [1.807, 2.05) is 0 Å². The minimum absolute atomic E-state index is 0.0517. The Labute approximate surface area is 192 Å². The molecule has 0 radical (unpaired) electrons. The van der Waals surface area contributed by atoms with Gasteiger partial charge in [0.1, 0.15) is 40.4 Å². The molecule has 1 aliphatic heterocycles. The number of phenolic OH excluding ortho intramolecular Hbond substituents is 3. The normalized spacial score (nSPS) is 24.6. The van der Waals surface area contributed by atoms with Crippen LogP contribution in [0, 0.1) is 0 Å². The molecule has 11 heteroatoms. The largest absolute Gasteiger partial charge is 0.508 e. The Balaban J connectivity index is 1.82. The Morgan fingerprint density at radius 3 is 2.32 bits per heavy atom. The lowest BCUT2D eigenvalue weighted by Gasteiger charge is -2.40. The number of carbonyl (C=O) groups is 1. The molecular weight excluding hydrogens is 452 g/mol. The summed E-state index contributed by atoms with van der Waals surface area (Å²) in [4.78, 5) is 24.6. The summed E-state index contributed by atoms with van der Waals surface area (Å²) in [6.07, 6.45) is -6.98. The Morgan fingerprint density at radius 2 is 1.68 bits per heavy atom. The molecule has 1 aromatic heterocycles. The molecule has 0 amide bonds. The summed E-state index contributed by atoms with van der Waals surface area (Å²) in [7, 11) is 0. The number of carbonyl (C=O) groups excluding carboxylic acids is 1. The number of esters is 1. The Bertz CT molecular complexity index is 1280. The number of hydrogen-bond donors (Lipinski definition) is 5. The average Bonchev–Trinajstić information content (AvgIpc) is 2.76. The zero-order valence-electron chi connectivity index (χ0n) is 18.0. The summed E-state index contributed by atoms with van der Waals surface area (Å²) in [6, 6.07) is 7.62. The summed E-state index contributed by atoms with van der Waals surface area (Å²) < 4.78 is 22.0. The second-order valence-electron chi connectivity index (χ2n) is 7.86. The molecule has 1 saturated heterocycles. The van der Waals surface area contributed by atoms with Crippen molar-refractivity contribution in [2.24, 2.45) is 0 Å². The number of aliphatic hydroxyl groups excluding tert-OH is 2. The molecule has 0 saturated carbocycles. The van der Waals surface area contributed by atoms with E-state index in [1.165, 1.54) is 31.2 Å². The van der Waals surface area contributed by atoms with Crippen molar-refractivity contribution in [3.8, 4) is 34.3 Å². The lowest BCUT2D eigenvalue weighted by Crippen LogP contribution is -2.59. The molecule has 0 bridgehead atoms. The number of rotatable bonds is 4. The molecule has 4 rings (SSSR count). The molecule has 1 aliphatic rings. The van der Waals surface area contributed by atoms with Gasteiger partial charge in [0.25, 0.3) is 0 Å². The number of aromatic hydroxyl groups is 3. The molecule has 2 aromatic carbocycles. The molecule has 2 heterocycles.